The Balaban J connectivity index is 2.35. The molecule has 2 aromatic rings. The van der Waals surface area contributed by atoms with Gasteiger partial charge in [-0.2, -0.15) is 0 Å². The summed E-state index contributed by atoms with van der Waals surface area (Å²) in [6, 6.07) is 5.10. The normalized spacial score (nSPS) is 12.1. The van der Waals surface area contributed by atoms with Crippen LogP contribution in [0.25, 0.3) is 0 Å². The number of allylic oxidation sites excluding steroid dienone is 1. The third kappa shape index (κ3) is 3.46. The van der Waals surface area contributed by atoms with E-state index in [2.05, 4.69) is 4.98 Å². The minimum absolute atomic E-state index is 0.154. The van der Waals surface area contributed by atoms with Crippen molar-refractivity contribution in [1.82, 2.24) is 4.98 Å². The quantitative estimate of drug-likeness (QED) is 0.329. The number of aliphatic hydroxyl groups is 1. The van der Waals surface area contributed by atoms with Crippen molar-refractivity contribution in [3.05, 3.63) is 59.7 Å². The number of carbonyl (C=O) groups excluding carboxylic acids is 1. The molecule has 0 fully saturated rings. The molecule has 0 spiro atoms. The Morgan fingerprint density at radius 3 is 2.30 bits per heavy atom. The van der Waals surface area contributed by atoms with E-state index < -0.39 is 33.2 Å². The number of H-pyrrole nitrogens is 1. The third-order valence-corrected chi connectivity index (χ3v) is 4.55. The minimum Gasteiger partial charge on any atom is -0.502 e. The van der Waals surface area contributed by atoms with Crippen LogP contribution in [0.5, 0.6) is 0 Å². The van der Waals surface area contributed by atoms with E-state index in [0.29, 0.717) is 6.08 Å². The fraction of sp³-hybridized carbons (Fsp3) is 0. The third-order valence-electron chi connectivity index (χ3n) is 2.84. The van der Waals surface area contributed by atoms with Gasteiger partial charge in [0.1, 0.15) is 10.8 Å². The monoisotopic (exact) mass is 339 g/mol. The second kappa shape index (κ2) is 6.05. The first-order valence-corrected chi connectivity index (χ1v) is 7.57. The molecule has 1 heterocycles. The molecular formula is C14H10FNO6S. The molecule has 0 amide bonds. The number of carboxylic acids is 1. The van der Waals surface area contributed by atoms with Crippen molar-refractivity contribution in [2.24, 2.45) is 0 Å². The largest absolute Gasteiger partial charge is 0.502 e. The summed E-state index contributed by atoms with van der Waals surface area (Å²) < 4.78 is 37.4. The van der Waals surface area contributed by atoms with Crippen LogP contribution >= 0.6 is 0 Å². The first-order valence-electron chi connectivity index (χ1n) is 6.09. The van der Waals surface area contributed by atoms with E-state index in [-0.39, 0.29) is 15.5 Å². The van der Waals surface area contributed by atoms with Crippen molar-refractivity contribution in [2.75, 3.05) is 0 Å². The lowest BCUT2D eigenvalue weighted by Gasteiger charge is -2.01. The summed E-state index contributed by atoms with van der Waals surface area (Å²) in [6.07, 6.45) is 1.52. The molecule has 0 radical (unpaired) electrons. The number of aromatic nitrogens is 1. The van der Waals surface area contributed by atoms with Crippen molar-refractivity contribution in [3.8, 4) is 0 Å². The Kier molecular flexibility index (Phi) is 4.32. The molecule has 0 aliphatic carbocycles. The maximum atomic E-state index is 12.8. The van der Waals surface area contributed by atoms with Gasteiger partial charge in [-0.05, 0) is 30.3 Å². The van der Waals surface area contributed by atoms with Crippen LogP contribution in [0.1, 0.15) is 10.4 Å². The zero-order valence-electron chi connectivity index (χ0n) is 11.4. The van der Waals surface area contributed by atoms with E-state index in [9.17, 15) is 22.4 Å². The summed E-state index contributed by atoms with van der Waals surface area (Å²) in [7, 11) is -3.99. The molecule has 9 heteroatoms. The smallest absolute Gasteiger partial charge is 0.371 e. The fourth-order valence-electron chi connectivity index (χ4n) is 1.68. The van der Waals surface area contributed by atoms with Crippen LogP contribution in [0.3, 0.4) is 0 Å². The lowest BCUT2D eigenvalue weighted by molar-refractivity contribution is -0.135. The van der Waals surface area contributed by atoms with Crippen molar-refractivity contribution >= 4 is 21.6 Å². The molecule has 0 aliphatic rings. The Labute approximate surface area is 129 Å². The number of benzene rings is 1. The van der Waals surface area contributed by atoms with Crippen molar-refractivity contribution in [1.29, 1.82) is 0 Å². The minimum atomic E-state index is -3.99. The van der Waals surface area contributed by atoms with Crippen LogP contribution in [0, 0.1) is 5.82 Å². The molecule has 0 aliphatic heterocycles. The number of ketones is 1. The second-order valence-electron chi connectivity index (χ2n) is 4.41. The number of rotatable bonds is 5. The molecule has 0 saturated heterocycles. The van der Waals surface area contributed by atoms with Crippen LogP contribution in [-0.4, -0.2) is 35.4 Å². The summed E-state index contributed by atoms with van der Waals surface area (Å²) in [5, 5.41) is 17.2. The van der Waals surface area contributed by atoms with Gasteiger partial charge in [-0.15, -0.1) is 0 Å². The molecule has 23 heavy (non-hydrogen) atoms. The van der Waals surface area contributed by atoms with Gasteiger partial charge < -0.3 is 15.2 Å². The van der Waals surface area contributed by atoms with Gasteiger partial charge in [-0.1, -0.05) is 0 Å². The zero-order valence-corrected chi connectivity index (χ0v) is 12.2. The number of aromatic amines is 1. The summed E-state index contributed by atoms with van der Waals surface area (Å²) in [5.74, 6) is -4.34. The van der Waals surface area contributed by atoms with Crippen molar-refractivity contribution in [2.45, 2.75) is 9.92 Å². The van der Waals surface area contributed by atoms with E-state index >= 15 is 0 Å². The topological polar surface area (TPSA) is 125 Å². The van der Waals surface area contributed by atoms with Gasteiger partial charge in [-0.3, -0.25) is 4.79 Å². The molecule has 3 N–H and O–H groups in total. The zero-order chi connectivity index (χ0) is 17.2. The van der Waals surface area contributed by atoms with Gasteiger partial charge in [0.15, 0.2) is 5.78 Å². The predicted molar refractivity (Wildman–Crippen MR) is 75.3 cm³/mol. The molecule has 0 atom stereocenters. The lowest BCUT2D eigenvalue weighted by Crippen LogP contribution is -2.04. The summed E-state index contributed by atoms with van der Waals surface area (Å²) >= 11 is 0. The molecule has 2 rings (SSSR count). The van der Waals surface area contributed by atoms with Gasteiger partial charge in [-0.25, -0.2) is 17.6 Å². The molecule has 1 aromatic heterocycles. The van der Waals surface area contributed by atoms with Crippen LogP contribution in [0.2, 0.25) is 0 Å². The number of nitrogens with one attached hydrogen (secondary N) is 1. The number of carbonyl (C=O) groups is 2. The van der Waals surface area contributed by atoms with Gasteiger partial charge in [0, 0.05) is 17.8 Å². The lowest BCUT2D eigenvalue weighted by atomic mass is 10.2. The number of sulfone groups is 1. The highest BCUT2D eigenvalue weighted by Crippen LogP contribution is 2.21. The number of aliphatic carboxylic acids is 1. The first kappa shape index (κ1) is 16.4. The van der Waals surface area contributed by atoms with Crippen LogP contribution in [0.15, 0.2) is 58.3 Å². The molecular weight excluding hydrogens is 329 g/mol. The van der Waals surface area contributed by atoms with E-state index in [1.54, 1.807) is 0 Å². The summed E-state index contributed by atoms with van der Waals surface area (Å²) in [6.45, 7) is 0. The summed E-state index contributed by atoms with van der Waals surface area (Å²) in [5.41, 5.74) is -0.154. The number of aliphatic hydroxyl groups excluding tert-OH is 1. The van der Waals surface area contributed by atoms with E-state index in [0.717, 1.165) is 36.5 Å². The Bertz CT molecular complexity index is 896. The van der Waals surface area contributed by atoms with E-state index in [1.807, 2.05) is 0 Å². The van der Waals surface area contributed by atoms with Gasteiger partial charge in [0.2, 0.25) is 15.6 Å². The highest BCUT2D eigenvalue weighted by atomic mass is 32.2. The SMILES string of the molecule is O=C(O)/C(O)=C/C(=O)c1c[nH]c(S(=O)(=O)c2ccc(F)cc2)c1. The standard InChI is InChI=1S/C14H10FNO6S/c15-9-1-3-10(4-2-9)23(21,22)13-5-8(7-16-13)11(17)6-12(18)14(19)20/h1-7,16,18H,(H,19,20)/b12-6-. The highest BCUT2D eigenvalue weighted by molar-refractivity contribution is 7.91. The number of halogens is 1. The molecule has 7 nitrogen and oxygen atoms in total. The van der Waals surface area contributed by atoms with Crippen molar-refractivity contribution in [3.63, 3.8) is 0 Å². The van der Waals surface area contributed by atoms with Gasteiger partial charge >= 0.3 is 5.97 Å². The average molecular weight is 339 g/mol. The number of hydrogen-bond acceptors (Lipinski definition) is 5. The van der Waals surface area contributed by atoms with Gasteiger partial charge in [0.25, 0.3) is 0 Å². The maximum Gasteiger partial charge on any atom is 0.371 e. The number of carboxylic acid groups (broad SMARTS) is 1. The molecule has 0 saturated carbocycles. The number of hydrogen-bond donors (Lipinski definition) is 3. The Morgan fingerprint density at radius 2 is 1.74 bits per heavy atom. The van der Waals surface area contributed by atoms with Crippen molar-refractivity contribution < 1.29 is 32.6 Å². The molecule has 120 valence electrons. The van der Waals surface area contributed by atoms with E-state index in [1.165, 1.54) is 0 Å². The average Bonchev–Trinajstić information content (AvgIpc) is 2.98. The highest BCUT2D eigenvalue weighted by Gasteiger charge is 2.21. The Morgan fingerprint density at radius 1 is 1.13 bits per heavy atom. The first-order chi connectivity index (χ1) is 10.7. The maximum absolute atomic E-state index is 12.8. The van der Waals surface area contributed by atoms with Gasteiger partial charge in [0.05, 0.1) is 4.90 Å². The second-order valence-corrected chi connectivity index (χ2v) is 6.33. The predicted octanol–water partition coefficient (Wildman–Crippen LogP) is 1.70. The molecule has 0 unspecified atom stereocenters. The Hall–Kier alpha value is -2.94. The van der Waals surface area contributed by atoms with Crippen LogP contribution < -0.4 is 0 Å². The summed E-state index contributed by atoms with van der Waals surface area (Å²) in [4.78, 5) is 24.4. The molecule has 0 bridgehead atoms. The molecule has 1 aromatic carbocycles. The van der Waals surface area contributed by atoms with E-state index in [4.69, 9.17) is 10.2 Å². The van der Waals surface area contributed by atoms with Crippen LogP contribution in [0.4, 0.5) is 4.39 Å². The van der Waals surface area contributed by atoms with Crippen LogP contribution in [-0.2, 0) is 14.6 Å². The fourth-order valence-corrected chi connectivity index (χ4v) is 2.93.